The molecular formula is C11H17N3. The van der Waals surface area contributed by atoms with Crippen molar-refractivity contribution in [3.8, 4) is 0 Å². The van der Waals surface area contributed by atoms with Gasteiger partial charge in [0.05, 0.1) is 17.2 Å². The van der Waals surface area contributed by atoms with Gasteiger partial charge in [0, 0.05) is 18.5 Å². The number of hydrogen-bond donors (Lipinski definition) is 0. The van der Waals surface area contributed by atoms with E-state index in [0.29, 0.717) is 5.92 Å². The lowest BCUT2D eigenvalue weighted by Gasteiger charge is -2.05. The minimum atomic E-state index is 0.377. The van der Waals surface area contributed by atoms with Gasteiger partial charge in [-0.25, -0.2) is 0 Å². The Kier molecular flexibility index (Phi) is 3.23. The first-order valence-electron chi connectivity index (χ1n) is 4.77. The molecule has 0 N–H and O–H groups in total. The van der Waals surface area contributed by atoms with E-state index in [1.807, 2.05) is 24.9 Å². The lowest BCUT2D eigenvalue weighted by atomic mass is 10.1. The van der Waals surface area contributed by atoms with Gasteiger partial charge in [-0.15, -0.1) is 0 Å². The van der Waals surface area contributed by atoms with Crippen LogP contribution in [0.5, 0.6) is 0 Å². The maximum Gasteiger partial charge on any atom is 0.0890 e. The van der Waals surface area contributed by atoms with Crippen LogP contribution < -0.4 is 10.6 Å². The number of rotatable bonds is 2. The van der Waals surface area contributed by atoms with Gasteiger partial charge in [-0.3, -0.25) is 9.67 Å². The molecule has 0 aliphatic heterocycles. The van der Waals surface area contributed by atoms with Crippen LogP contribution in [0.1, 0.15) is 20.8 Å². The highest BCUT2D eigenvalue weighted by molar-refractivity contribution is 5.63. The van der Waals surface area contributed by atoms with Gasteiger partial charge in [0.15, 0.2) is 0 Å². The highest BCUT2D eigenvalue weighted by Gasteiger charge is 2.05. The smallest absolute Gasteiger partial charge is 0.0890 e. The molecule has 0 spiro atoms. The molecule has 0 saturated carbocycles. The number of aromatic nitrogens is 2. The summed E-state index contributed by atoms with van der Waals surface area (Å²) in [4.78, 5) is 4.38. The average molecular weight is 191 g/mol. The largest absolute Gasteiger partial charge is 0.266 e. The first-order valence-corrected chi connectivity index (χ1v) is 4.77. The summed E-state index contributed by atoms with van der Waals surface area (Å²) < 4.78 is 1.82. The van der Waals surface area contributed by atoms with E-state index in [9.17, 15) is 0 Å². The predicted molar refractivity (Wildman–Crippen MR) is 60.4 cm³/mol. The molecule has 0 aliphatic carbocycles. The van der Waals surface area contributed by atoms with Gasteiger partial charge in [-0.2, -0.15) is 5.10 Å². The minimum Gasteiger partial charge on any atom is -0.266 e. The molecule has 0 atom stereocenters. The van der Waals surface area contributed by atoms with Crippen LogP contribution >= 0.6 is 0 Å². The molecule has 1 rings (SSSR count). The van der Waals surface area contributed by atoms with Crippen LogP contribution in [0.4, 0.5) is 0 Å². The molecule has 1 aromatic rings. The standard InChI is InChI=1S/C11H17N3/c1-6-12-10(8(2)3)11-9(4)7-13-14(11)5/h6-8H,4H2,1-3,5H3/b11-10+,12-6?. The summed E-state index contributed by atoms with van der Waals surface area (Å²) in [5.41, 5.74) is 1.04. The highest BCUT2D eigenvalue weighted by atomic mass is 15.2. The van der Waals surface area contributed by atoms with Crippen molar-refractivity contribution in [2.75, 3.05) is 0 Å². The lowest BCUT2D eigenvalue weighted by Crippen LogP contribution is -2.30. The molecule has 14 heavy (non-hydrogen) atoms. The SMILES string of the molecule is C=c1cnn(C)/c1=C(/N=CC)C(C)C. The summed E-state index contributed by atoms with van der Waals surface area (Å²) in [7, 11) is 1.91. The highest BCUT2D eigenvalue weighted by Crippen LogP contribution is 2.08. The van der Waals surface area contributed by atoms with Gasteiger partial charge < -0.3 is 0 Å². The van der Waals surface area contributed by atoms with Gasteiger partial charge in [0.2, 0.25) is 0 Å². The number of aliphatic imine (C=N–C) groups is 1. The summed E-state index contributed by atoms with van der Waals surface area (Å²) >= 11 is 0. The molecule has 1 aromatic heterocycles. The average Bonchev–Trinajstić information content (AvgIpc) is 2.43. The molecule has 3 heteroatoms. The van der Waals surface area contributed by atoms with Crippen LogP contribution in [-0.4, -0.2) is 16.0 Å². The third kappa shape index (κ3) is 1.92. The molecule has 3 nitrogen and oxygen atoms in total. The summed E-state index contributed by atoms with van der Waals surface area (Å²) in [5.74, 6) is 0.377. The second-order valence-electron chi connectivity index (χ2n) is 3.57. The third-order valence-electron chi connectivity index (χ3n) is 2.07. The molecule has 0 aromatic carbocycles. The van der Waals surface area contributed by atoms with E-state index < -0.39 is 0 Å². The van der Waals surface area contributed by atoms with Gasteiger partial charge >= 0.3 is 0 Å². The monoisotopic (exact) mass is 191 g/mol. The Hall–Kier alpha value is -1.38. The number of aryl methyl sites for hydroxylation is 1. The summed E-state index contributed by atoms with van der Waals surface area (Å²) in [6.07, 6.45) is 3.57. The maximum atomic E-state index is 4.38. The fourth-order valence-electron chi connectivity index (χ4n) is 1.44. The van der Waals surface area contributed by atoms with Crippen molar-refractivity contribution >= 4 is 18.5 Å². The molecule has 0 aliphatic rings. The van der Waals surface area contributed by atoms with E-state index >= 15 is 0 Å². The minimum absolute atomic E-state index is 0.377. The Labute approximate surface area is 84.5 Å². The van der Waals surface area contributed by atoms with Crippen LogP contribution in [-0.2, 0) is 7.05 Å². The van der Waals surface area contributed by atoms with Crippen molar-refractivity contribution in [3.05, 3.63) is 16.8 Å². The summed E-state index contributed by atoms with van der Waals surface area (Å²) in [6, 6.07) is 0. The van der Waals surface area contributed by atoms with Gasteiger partial charge in [0.25, 0.3) is 0 Å². The fraction of sp³-hybridized carbons (Fsp3) is 0.455. The Morgan fingerprint density at radius 2 is 2.29 bits per heavy atom. The van der Waals surface area contributed by atoms with Crippen molar-refractivity contribution < 1.29 is 0 Å². The second kappa shape index (κ2) is 4.22. The normalized spacial score (nSPS) is 14.1. The van der Waals surface area contributed by atoms with E-state index in [1.54, 1.807) is 6.20 Å². The van der Waals surface area contributed by atoms with E-state index in [2.05, 4.69) is 30.5 Å². The van der Waals surface area contributed by atoms with E-state index in [1.165, 1.54) is 0 Å². The molecule has 0 amide bonds. The molecular weight excluding hydrogens is 174 g/mol. The van der Waals surface area contributed by atoms with Gasteiger partial charge in [-0.1, -0.05) is 20.4 Å². The van der Waals surface area contributed by atoms with Crippen molar-refractivity contribution in [2.24, 2.45) is 18.0 Å². The third-order valence-corrected chi connectivity index (χ3v) is 2.07. The van der Waals surface area contributed by atoms with E-state index in [4.69, 9.17) is 0 Å². The topological polar surface area (TPSA) is 30.2 Å². The summed E-state index contributed by atoms with van der Waals surface area (Å²) in [6.45, 7) is 10.1. The fourth-order valence-corrected chi connectivity index (χ4v) is 1.44. The molecule has 0 radical (unpaired) electrons. The molecule has 1 heterocycles. The van der Waals surface area contributed by atoms with Crippen LogP contribution in [0.3, 0.4) is 0 Å². The summed E-state index contributed by atoms with van der Waals surface area (Å²) in [5, 5.41) is 6.12. The molecule has 76 valence electrons. The predicted octanol–water partition coefficient (Wildman–Crippen LogP) is 0.685. The first-order chi connectivity index (χ1) is 6.57. The Balaban J connectivity index is 3.59. The van der Waals surface area contributed by atoms with E-state index in [-0.39, 0.29) is 0 Å². The Morgan fingerprint density at radius 3 is 2.64 bits per heavy atom. The Bertz CT molecular complexity index is 438. The van der Waals surface area contributed by atoms with Gasteiger partial charge in [-0.05, 0) is 12.8 Å². The zero-order valence-electron chi connectivity index (χ0n) is 9.28. The van der Waals surface area contributed by atoms with Crippen LogP contribution in [0.15, 0.2) is 11.2 Å². The van der Waals surface area contributed by atoms with Crippen LogP contribution in [0, 0.1) is 5.92 Å². The number of nitrogens with zero attached hydrogens (tertiary/aromatic N) is 3. The molecule has 0 unspecified atom stereocenters. The van der Waals surface area contributed by atoms with Crippen LogP contribution in [0.25, 0.3) is 12.3 Å². The van der Waals surface area contributed by atoms with Crippen molar-refractivity contribution in [2.45, 2.75) is 20.8 Å². The molecule has 0 saturated heterocycles. The zero-order chi connectivity index (χ0) is 10.7. The lowest BCUT2D eigenvalue weighted by molar-refractivity contribution is 0.722. The first kappa shape index (κ1) is 10.7. The number of hydrogen-bond acceptors (Lipinski definition) is 2. The maximum absolute atomic E-state index is 4.38. The Morgan fingerprint density at radius 1 is 1.64 bits per heavy atom. The van der Waals surface area contributed by atoms with E-state index in [0.717, 1.165) is 16.3 Å². The second-order valence-corrected chi connectivity index (χ2v) is 3.57. The quantitative estimate of drug-likeness (QED) is 0.632. The van der Waals surface area contributed by atoms with Gasteiger partial charge in [0.1, 0.15) is 0 Å². The zero-order valence-corrected chi connectivity index (χ0v) is 9.28. The van der Waals surface area contributed by atoms with Crippen molar-refractivity contribution in [1.82, 2.24) is 9.78 Å². The molecule has 0 bridgehead atoms. The molecule has 0 fully saturated rings. The van der Waals surface area contributed by atoms with Crippen molar-refractivity contribution in [3.63, 3.8) is 0 Å². The van der Waals surface area contributed by atoms with Crippen LogP contribution in [0.2, 0.25) is 0 Å². The van der Waals surface area contributed by atoms with Crippen molar-refractivity contribution in [1.29, 1.82) is 0 Å².